The van der Waals surface area contributed by atoms with Crippen molar-refractivity contribution in [3.05, 3.63) is 152 Å². The standard InChI is InChI=1S/C42H26N6/c1-3-12-26(13-4-1)38-45-39(27-14-5-2-6-15-27)47-40(46-38)30-17-11-16-28(24-30)29-22-23-32-31-18-7-8-19-33(31)41-44-37-34-20-9-10-21-35(34)43-42(37)48(41)36(32)25-29/h1-25,43H. The van der Waals surface area contributed by atoms with Gasteiger partial charge in [-0.05, 0) is 34.7 Å². The highest BCUT2D eigenvalue weighted by Gasteiger charge is 2.18. The molecule has 0 unspecified atom stereocenters. The number of rotatable bonds is 4. The van der Waals surface area contributed by atoms with E-state index in [2.05, 4.69) is 100 Å². The van der Waals surface area contributed by atoms with E-state index in [1.807, 2.05) is 60.7 Å². The summed E-state index contributed by atoms with van der Waals surface area (Å²) in [5, 5.41) is 4.61. The third kappa shape index (κ3) is 4.13. The first-order chi connectivity index (χ1) is 23.8. The van der Waals surface area contributed by atoms with E-state index in [9.17, 15) is 0 Å². The average Bonchev–Trinajstić information content (AvgIpc) is 3.72. The minimum absolute atomic E-state index is 0.633. The average molecular weight is 615 g/mol. The maximum atomic E-state index is 5.21. The first-order valence-electron chi connectivity index (χ1n) is 16.0. The summed E-state index contributed by atoms with van der Waals surface area (Å²) in [6.45, 7) is 0. The Bertz CT molecular complexity index is 2780. The summed E-state index contributed by atoms with van der Waals surface area (Å²) in [6.07, 6.45) is 0. The van der Waals surface area contributed by atoms with Crippen LogP contribution >= 0.6 is 0 Å². The van der Waals surface area contributed by atoms with Crippen LogP contribution in [0.2, 0.25) is 0 Å². The number of aromatic nitrogens is 6. The number of fused-ring (bicyclic) bond motifs is 10. The summed E-state index contributed by atoms with van der Waals surface area (Å²) < 4.78 is 2.28. The quantitative estimate of drug-likeness (QED) is 0.200. The molecule has 0 fully saturated rings. The molecule has 0 bridgehead atoms. The third-order valence-electron chi connectivity index (χ3n) is 9.16. The number of aromatic amines is 1. The number of nitrogens with one attached hydrogen (secondary N) is 1. The van der Waals surface area contributed by atoms with Crippen LogP contribution in [-0.4, -0.2) is 29.3 Å². The smallest absolute Gasteiger partial charge is 0.164 e. The molecule has 0 saturated heterocycles. The Balaban J connectivity index is 1.18. The van der Waals surface area contributed by atoms with Gasteiger partial charge in [-0.3, -0.25) is 4.40 Å². The van der Waals surface area contributed by atoms with Crippen molar-refractivity contribution in [1.82, 2.24) is 29.3 Å². The van der Waals surface area contributed by atoms with E-state index in [0.29, 0.717) is 17.5 Å². The van der Waals surface area contributed by atoms with Crippen LogP contribution in [0.5, 0.6) is 0 Å². The number of nitrogens with zero attached hydrogens (tertiary/aromatic N) is 5. The highest BCUT2D eigenvalue weighted by molar-refractivity contribution is 6.16. The van der Waals surface area contributed by atoms with Crippen LogP contribution in [0.15, 0.2) is 152 Å². The zero-order valence-corrected chi connectivity index (χ0v) is 25.7. The molecule has 0 aliphatic heterocycles. The molecule has 4 aromatic heterocycles. The van der Waals surface area contributed by atoms with Gasteiger partial charge in [0.2, 0.25) is 0 Å². The Morgan fingerprint density at radius 1 is 0.396 bits per heavy atom. The summed E-state index contributed by atoms with van der Waals surface area (Å²) >= 11 is 0. The predicted molar refractivity (Wildman–Crippen MR) is 195 cm³/mol. The second-order valence-electron chi connectivity index (χ2n) is 12.0. The Hall–Kier alpha value is -6.66. The summed E-state index contributed by atoms with van der Waals surface area (Å²) in [5.74, 6) is 1.92. The van der Waals surface area contributed by atoms with Crippen LogP contribution in [0.25, 0.3) is 94.7 Å². The van der Waals surface area contributed by atoms with Crippen molar-refractivity contribution in [2.24, 2.45) is 0 Å². The van der Waals surface area contributed by atoms with Crippen LogP contribution in [0.4, 0.5) is 0 Å². The molecule has 10 rings (SSSR count). The van der Waals surface area contributed by atoms with Gasteiger partial charge in [-0.25, -0.2) is 19.9 Å². The van der Waals surface area contributed by atoms with Crippen molar-refractivity contribution in [2.75, 3.05) is 0 Å². The monoisotopic (exact) mass is 614 g/mol. The molecule has 0 amide bonds. The lowest BCUT2D eigenvalue weighted by Gasteiger charge is -2.12. The number of imidazole rings is 1. The van der Waals surface area contributed by atoms with Gasteiger partial charge in [0.05, 0.1) is 5.52 Å². The molecule has 6 aromatic carbocycles. The number of hydrogen-bond acceptors (Lipinski definition) is 4. The van der Waals surface area contributed by atoms with Crippen molar-refractivity contribution in [1.29, 1.82) is 0 Å². The normalized spacial score (nSPS) is 11.8. The molecule has 6 heteroatoms. The van der Waals surface area contributed by atoms with E-state index in [0.717, 1.165) is 66.4 Å². The molecule has 0 aliphatic rings. The lowest BCUT2D eigenvalue weighted by Crippen LogP contribution is -2.00. The van der Waals surface area contributed by atoms with Gasteiger partial charge in [0.1, 0.15) is 16.8 Å². The summed E-state index contributed by atoms with van der Waals surface area (Å²) in [4.78, 5) is 23.7. The van der Waals surface area contributed by atoms with Gasteiger partial charge in [0.15, 0.2) is 17.5 Å². The molecule has 0 atom stereocenters. The SMILES string of the molecule is c1ccc(-c2nc(-c3ccccc3)nc(-c3cccc(-c4ccc5c6ccccc6c6nc7c8ccccc8[nH]c7n6c5c4)c3)n2)cc1. The number of pyridine rings is 1. The fourth-order valence-electron chi connectivity index (χ4n) is 6.88. The molecule has 0 aliphatic carbocycles. The van der Waals surface area contributed by atoms with Gasteiger partial charge in [0, 0.05) is 38.4 Å². The zero-order valence-electron chi connectivity index (χ0n) is 25.7. The Kier molecular flexibility index (Phi) is 5.77. The van der Waals surface area contributed by atoms with Crippen LogP contribution in [0, 0.1) is 0 Å². The Morgan fingerprint density at radius 3 is 1.69 bits per heavy atom. The molecule has 0 spiro atoms. The maximum absolute atomic E-state index is 5.21. The van der Waals surface area contributed by atoms with Crippen LogP contribution < -0.4 is 0 Å². The minimum Gasteiger partial charge on any atom is -0.339 e. The van der Waals surface area contributed by atoms with E-state index < -0.39 is 0 Å². The van der Waals surface area contributed by atoms with Gasteiger partial charge >= 0.3 is 0 Å². The second kappa shape index (κ2) is 10.4. The van der Waals surface area contributed by atoms with Gasteiger partial charge in [0.25, 0.3) is 0 Å². The van der Waals surface area contributed by atoms with E-state index in [-0.39, 0.29) is 0 Å². The largest absolute Gasteiger partial charge is 0.339 e. The molecule has 10 aromatic rings. The van der Waals surface area contributed by atoms with Gasteiger partial charge in [-0.15, -0.1) is 0 Å². The lowest BCUT2D eigenvalue weighted by molar-refractivity contribution is 1.07. The number of benzene rings is 6. The number of para-hydroxylation sites is 1. The van der Waals surface area contributed by atoms with Crippen molar-refractivity contribution >= 4 is 49.4 Å². The Labute approximate surface area is 275 Å². The summed E-state index contributed by atoms with van der Waals surface area (Å²) in [7, 11) is 0. The van der Waals surface area contributed by atoms with Crippen molar-refractivity contribution in [2.45, 2.75) is 0 Å². The topological polar surface area (TPSA) is 71.8 Å². The predicted octanol–water partition coefficient (Wildman–Crippen LogP) is 10.1. The van der Waals surface area contributed by atoms with Gasteiger partial charge < -0.3 is 4.98 Å². The van der Waals surface area contributed by atoms with E-state index in [1.165, 1.54) is 10.8 Å². The molecular weight excluding hydrogens is 589 g/mol. The molecule has 224 valence electrons. The first-order valence-corrected chi connectivity index (χ1v) is 16.0. The summed E-state index contributed by atoms with van der Waals surface area (Å²) in [5.41, 5.74) is 10.1. The molecule has 6 nitrogen and oxygen atoms in total. The van der Waals surface area contributed by atoms with Crippen LogP contribution in [0.1, 0.15) is 0 Å². The molecular formula is C42H26N6. The van der Waals surface area contributed by atoms with E-state index in [4.69, 9.17) is 19.9 Å². The minimum atomic E-state index is 0.633. The molecule has 48 heavy (non-hydrogen) atoms. The first kappa shape index (κ1) is 26.5. The maximum Gasteiger partial charge on any atom is 0.164 e. The molecule has 4 heterocycles. The highest BCUT2D eigenvalue weighted by Crippen LogP contribution is 2.37. The fourth-order valence-corrected chi connectivity index (χ4v) is 6.88. The third-order valence-corrected chi connectivity index (χ3v) is 9.16. The van der Waals surface area contributed by atoms with Crippen molar-refractivity contribution in [3.8, 4) is 45.3 Å². The van der Waals surface area contributed by atoms with Gasteiger partial charge in [-0.2, -0.15) is 0 Å². The Morgan fingerprint density at radius 2 is 0.958 bits per heavy atom. The van der Waals surface area contributed by atoms with Crippen LogP contribution in [-0.2, 0) is 0 Å². The van der Waals surface area contributed by atoms with Crippen LogP contribution in [0.3, 0.4) is 0 Å². The van der Waals surface area contributed by atoms with E-state index in [1.54, 1.807) is 0 Å². The van der Waals surface area contributed by atoms with Gasteiger partial charge in [-0.1, -0.05) is 133 Å². The van der Waals surface area contributed by atoms with E-state index >= 15 is 0 Å². The lowest BCUT2D eigenvalue weighted by atomic mass is 9.99. The molecule has 0 saturated carbocycles. The highest BCUT2D eigenvalue weighted by atomic mass is 15.1. The number of H-pyrrole nitrogens is 1. The molecule has 0 radical (unpaired) electrons. The molecule has 1 N–H and O–H groups in total. The van der Waals surface area contributed by atoms with Crippen molar-refractivity contribution in [3.63, 3.8) is 0 Å². The number of hydrogen-bond donors (Lipinski definition) is 1. The van der Waals surface area contributed by atoms with Crippen molar-refractivity contribution < 1.29 is 0 Å². The fraction of sp³-hybridized carbons (Fsp3) is 0. The zero-order chi connectivity index (χ0) is 31.6. The summed E-state index contributed by atoms with van der Waals surface area (Å²) in [6, 6.07) is 52.2. The second-order valence-corrected chi connectivity index (χ2v) is 12.0.